The second-order valence-electron chi connectivity index (χ2n) is 7.82. The van der Waals surface area contributed by atoms with E-state index < -0.39 is 11.4 Å². The molecule has 0 radical (unpaired) electrons. The maximum absolute atomic E-state index is 14.3. The summed E-state index contributed by atoms with van der Waals surface area (Å²) in [7, 11) is 0. The van der Waals surface area contributed by atoms with E-state index in [9.17, 15) is 14.8 Å². The predicted octanol–water partition coefficient (Wildman–Crippen LogP) is 3.71. The summed E-state index contributed by atoms with van der Waals surface area (Å²) in [6.45, 7) is 5.49. The molecule has 10 heteroatoms. The van der Waals surface area contributed by atoms with Crippen LogP contribution in [-0.4, -0.2) is 37.6 Å². The van der Waals surface area contributed by atoms with Crippen molar-refractivity contribution >= 4 is 23.2 Å². The molecule has 1 aliphatic carbocycles. The number of halogens is 2. The summed E-state index contributed by atoms with van der Waals surface area (Å²) in [6, 6.07) is 2.17. The summed E-state index contributed by atoms with van der Waals surface area (Å²) >= 11 is 5.92. The van der Waals surface area contributed by atoms with Crippen molar-refractivity contribution < 1.29 is 14.2 Å². The number of ether oxygens (including phenoxy) is 1. The first-order chi connectivity index (χ1) is 13.7. The van der Waals surface area contributed by atoms with Crippen LogP contribution in [-0.2, 0) is 5.54 Å². The fourth-order valence-corrected chi connectivity index (χ4v) is 3.36. The molecule has 0 amide bonds. The number of aliphatic hydroxyl groups excluding tert-OH is 1. The Labute approximate surface area is 173 Å². The van der Waals surface area contributed by atoms with E-state index in [0.29, 0.717) is 17.8 Å². The summed E-state index contributed by atoms with van der Waals surface area (Å²) in [4.78, 5) is 8.01. The number of aliphatic hydroxyl groups is 1. The van der Waals surface area contributed by atoms with Crippen LogP contribution in [0.25, 0.3) is 0 Å². The van der Waals surface area contributed by atoms with Crippen molar-refractivity contribution in [1.29, 1.82) is 5.26 Å². The molecule has 0 aromatic carbocycles. The van der Waals surface area contributed by atoms with E-state index in [0.717, 1.165) is 19.3 Å². The van der Waals surface area contributed by atoms with Gasteiger partial charge in [0.2, 0.25) is 11.8 Å². The summed E-state index contributed by atoms with van der Waals surface area (Å²) in [6.07, 6.45) is 4.55. The Balaban J connectivity index is 1.76. The lowest BCUT2D eigenvalue weighted by Crippen LogP contribution is -2.24. The zero-order valence-electron chi connectivity index (χ0n) is 16.6. The minimum atomic E-state index is -0.829. The van der Waals surface area contributed by atoms with Gasteiger partial charge in [-0.1, -0.05) is 18.0 Å². The van der Waals surface area contributed by atoms with Crippen molar-refractivity contribution in [2.45, 2.75) is 58.1 Å². The van der Waals surface area contributed by atoms with E-state index >= 15 is 0 Å². The van der Waals surface area contributed by atoms with Crippen LogP contribution < -0.4 is 10.1 Å². The number of hydrogen-bond acceptors (Lipinski definition) is 7. The van der Waals surface area contributed by atoms with Gasteiger partial charge in [0.25, 0.3) is 5.88 Å². The highest BCUT2D eigenvalue weighted by Crippen LogP contribution is 2.29. The molecule has 8 nitrogen and oxygen atoms in total. The third-order valence-corrected chi connectivity index (χ3v) is 5.23. The topological polar surface area (TPSA) is 109 Å². The first kappa shape index (κ1) is 21.3. The van der Waals surface area contributed by atoms with Crippen molar-refractivity contribution in [1.82, 2.24) is 19.7 Å². The van der Waals surface area contributed by atoms with Gasteiger partial charge in [-0.05, 0) is 46.0 Å². The van der Waals surface area contributed by atoms with Crippen molar-refractivity contribution in [3.8, 4) is 11.9 Å². The van der Waals surface area contributed by atoms with E-state index in [4.69, 9.17) is 16.3 Å². The Hall–Kier alpha value is -2.44. The molecule has 2 atom stereocenters. The Morgan fingerprint density at radius 1 is 1.45 bits per heavy atom. The first-order valence-electron chi connectivity index (χ1n) is 9.48. The van der Waals surface area contributed by atoms with Crippen molar-refractivity contribution in [3.05, 3.63) is 22.9 Å². The van der Waals surface area contributed by atoms with Gasteiger partial charge in [-0.3, -0.25) is 4.68 Å². The minimum Gasteiger partial charge on any atom is -0.475 e. The number of nitrogens with one attached hydrogen (secondary N) is 1. The first-order valence-corrected chi connectivity index (χ1v) is 9.86. The third-order valence-electron chi connectivity index (χ3n) is 4.98. The van der Waals surface area contributed by atoms with Gasteiger partial charge in [-0.25, -0.2) is 0 Å². The van der Waals surface area contributed by atoms with E-state index in [1.54, 1.807) is 27.0 Å². The molecule has 0 saturated heterocycles. The molecule has 2 heterocycles. The van der Waals surface area contributed by atoms with Crippen LogP contribution in [0.1, 0.15) is 45.2 Å². The van der Waals surface area contributed by atoms with Crippen LogP contribution >= 0.6 is 11.6 Å². The van der Waals surface area contributed by atoms with Gasteiger partial charge in [0.05, 0.1) is 36.4 Å². The molecule has 2 aromatic rings. The normalized spacial score (nSPS) is 19.6. The number of aryl methyl sites for hydroxylation is 1. The summed E-state index contributed by atoms with van der Waals surface area (Å²) in [5, 5.41) is 26.0. The smallest absolute Gasteiger partial charge is 0.257 e. The average Bonchev–Trinajstić information content (AvgIpc) is 3.05. The van der Waals surface area contributed by atoms with Gasteiger partial charge >= 0.3 is 0 Å². The zero-order valence-corrected chi connectivity index (χ0v) is 17.4. The molecule has 2 aromatic heterocycles. The highest BCUT2D eigenvalue weighted by molar-refractivity contribution is 6.29. The Bertz CT molecular complexity index is 926. The number of aromatic nitrogens is 4. The van der Waals surface area contributed by atoms with Crippen molar-refractivity contribution in [2.75, 3.05) is 11.9 Å². The number of nitrogens with zero attached hydrogens (tertiary/aromatic N) is 5. The molecule has 3 rings (SSSR count). The molecule has 2 N–H and O–H groups in total. The number of anilines is 2. The van der Waals surface area contributed by atoms with Gasteiger partial charge in [0.1, 0.15) is 5.54 Å². The van der Waals surface area contributed by atoms with Crippen LogP contribution in [0.15, 0.2) is 6.20 Å². The molecule has 156 valence electrons. The van der Waals surface area contributed by atoms with Gasteiger partial charge < -0.3 is 15.2 Å². The Kier molecular flexibility index (Phi) is 6.24. The lowest BCUT2D eigenvalue weighted by atomic mass is 9.88. The molecule has 1 saturated carbocycles. The van der Waals surface area contributed by atoms with Crippen LogP contribution in [0.2, 0.25) is 5.15 Å². The second kappa shape index (κ2) is 8.51. The monoisotopic (exact) mass is 422 g/mol. The lowest BCUT2D eigenvalue weighted by Gasteiger charge is -2.25. The SMILES string of the molecule is Cc1nn(C(C)(C)C#N)cc1Nc1nc(Cl)c(F)c(OCC2CCCC(O)C2)n1. The molecule has 29 heavy (non-hydrogen) atoms. The average molecular weight is 423 g/mol. The molecule has 0 bridgehead atoms. The fraction of sp³-hybridized carbons (Fsp3) is 0.579. The van der Waals surface area contributed by atoms with Crippen molar-refractivity contribution in [3.63, 3.8) is 0 Å². The van der Waals surface area contributed by atoms with E-state index in [1.807, 2.05) is 0 Å². The molecular weight excluding hydrogens is 399 g/mol. The number of rotatable bonds is 6. The Morgan fingerprint density at radius 2 is 2.21 bits per heavy atom. The molecular formula is C19H24ClFN6O2. The summed E-state index contributed by atoms with van der Waals surface area (Å²) in [5.41, 5.74) is 0.360. The highest BCUT2D eigenvalue weighted by atomic mass is 35.5. The van der Waals surface area contributed by atoms with Gasteiger partial charge in [-0.15, -0.1) is 0 Å². The largest absolute Gasteiger partial charge is 0.475 e. The maximum Gasteiger partial charge on any atom is 0.257 e. The van der Waals surface area contributed by atoms with E-state index in [-0.39, 0.29) is 35.6 Å². The Morgan fingerprint density at radius 3 is 2.90 bits per heavy atom. The van der Waals surface area contributed by atoms with Crippen LogP contribution in [0.4, 0.5) is 16.0 Å². The minimum absolute atomic E-state index is 0.0625. The van der Waals surface area contributed by atoms with Gasteiger partial charge in [0, 0.05) is 0 Å². The summed E-state index contributed by atoms with van der Waals surface area (Å²) < 4.78 is 21.4. The highest BCUT2D eigenvalue weighted by Gasteiger charge is 2.24. The molecule has 1 fully saturated rings. The standard InChI is InChI=1S/C19H24ClFN6O2/c1-11-14(8-27(26-11)19(2,3)10-22)23-18-24-16(20)15(21)17(25-18)29-9-12-5-4-6-13(28)7-12/h8,12-13,28H,4-7,9H2,1-3H3,(H,23,24,25). The second-order valence-corrected chi connectivity index (χ2v) is 8.18. The quantitative estimate of drug-likeness (QED) is 0.683. The predicted molar refractivity (Wildman–Crippen MR) is 106 cm³/mol. The van der Waals surface area contributed by atoms with Crippen LogP contribution in [0, 0.1) is 30.0 Å². The van der Waals surface area contributed by atoms with E-state index in [1.165, 1.54) is 4.68 Å². The third kappa shape index (κ3) is 4.95. The van der Waals surface area contributed by atoms with Crippen molar-refractivity contribution in [2.24, 2.45) is 5.92 Å². The number of nitriles is 1. The van der Waals surface area contributed by atoms with Gasteiger partial charge in [-0.2, -0.15) is 24.7 Å². The van der Waals surface area contributed by atoms with E-state index in [2.05, 4.69) is 26.5 Å². The molecule has 0 aliphatic heterocycles. The van der Waals surface area contributed by atoms with Gasteiger partial charge in [0.15, 0.2) is 5.15 Å². The van der Waals surface area contributed by atoms with Crippen LogP contribution in [0.5, 0.6) is 5.88 Å². The maximum atomic E-state index is 14.3. The number of hydrogen-bond donors (Lipinski definition) is 2. The fourth-order valence-electron chi connectivity index (χ4n) is 3.20. The molecule has 1 aliphatic rings. The molecule has 0 spiro atoms. The zero-order chi connectivity index (χ0) is 21.2. The summed E-state index contributed by atoms with van der Waals surface area (Å²) in [5.74, 6) is -0.869. The van der Waals surface area contributed by atoms with Crippen LogP contribution in [0.3, 0.4) is 0 Å². The molecule has 2 unspecified atom stereocenters. The lowest BCUT2D eigenvalue weighted by molar-refractivity contribution is 0.0790.